The molecule has 0 unspecified atom stereocenters. The molecule has 3 rings (SSSR count). The molecule has 0 saturated carbocycles. The van der Waals surface area contributed by atoms with Crippen LogP contribution in [0.4, 0.5) is 4.39 Å². The van der Waals surface area contributed by atoms with Gasteiger partial charge in [0, 0.05) is 16.8 Å². The molecule has 1 aromatic carbocycles. The van der Waals surface area contributed by atoms with Gasteiger partial charge in [0.25, 0.3) is 5.91 Å². The van der Waals surface area contributed by atoms with E-state index >= 15 is 0 Å². The molecule has 6 heteroatoms. The van der Waals surface area contributed by atoms with Crippen molar-refractivity contribution in [1.82, 2.24) is 5.32 Å². The molecule has 0 spiro atoms. The van der Waals surface area contributed by atoms with E-state index in [4.69, 9.17) is 4.74 Å². The zero-order chi connectivity index (χ0) is 17.8. The van der Waals surface area contributed by atoms with Gasteiger partial charge in [-0.2, -0.15) is 0 Å². The van der Waals surface area contributed by atoms with Crippen LogP contribution >= 0.6 is 11.3 Å². The van der Waals surface area contributed by atoms with Crippen molar-refractivity contribution in [2.45, 2.75) is 45.3 Å². The SMILES string of the molecule is C[C@H](OC(=O)c1csc2c1CCCC2)C(=O)NCc1ccc(F)cc1. The van der Waals surface area contributed by atoms with Crippen molar-refractivity contribution in [2.75, 3.05) is 0 Å². The summed E-state index contributed by atoms with van der Waals surface area (Å²) in [6, 6.07) is 5.88. The molecule has 1 aliphatic rings. The average Bonchev–Trinajstić information content (AvgIpc) is 3.05. The maximum absolute atomic E-state index is 12.9. The second-order valence-corrected chi connectivity index (χ2v) is 7.11. The van der Waals surface area contributed by atoms with Crippen LogP contribution in [-0.2, 0) is 28.9 Å². The monoisotopic (exact) mass is 361 g/mol. The van der Waals surface area contributed by atoms with Crippen molar-refractivity contribution in [3.8, 4) is 0 Å². The zero-order valence-corrected chi connectivity index (χ0v) is 14.8. The predicted molar refractivity (Wildman–Crippen MR) is 94.1 cm³/mol. The van der Waals surface area contributed by atoms with E-state index in [1.807, 2.05) is 5.38 Å². The van der Waals surface area contributed by atoms with Crippen LogP contribution in [0.3, 0.4) is 0 Å². The molecule has 1 heterocycles. The lowest BCUT2D eigenvalue weighted by atomic mass is 9.96. The van der Waals surface area contributed by atoms with E-state index in [0.29, 0.717) is 5.56 Å². The number of thiophene rings is 1. The summed E-state index contributed by atoms with van der Waals surface area (Å²) in [5, 5.41) is 4.53. The zero-order valence-electron chi connectivity index (χ0n) is 14.0. The van der Waals surface area contributed by atoms with Crippen LogP contribution < -0.4 is 5.32 Å². The van der Waals surface area contributed by atoms with E-state index in [2.05, 4.69) is 5.32 Å². The van der Waals surface area contributed by atoms with Crippen molar-refractivity contribution >= 4 is 23.2 Å². The van der Waals surface area contributed by atoms with Crippen LogP contribution in [0.25, 0.3) is 0 Å². The number of nitrogens with one attached hydrogen (secondary N) is 1. The second-order valence-electron chi connectivity index (χ2n) is 6.15. The number of fused-ring (bicyclic) bond motifs is 1. The fourth-order valence-corrected chi connectivity index (χ4v) is 3.99. The van der Waals surface area contributed by atoms with Gasteiger partial charge in [-0.15, -0.1) is 11.3 Å². The first kappa shape index (κ1) is 17.6. The van der Waals surface area contributed by atoms with Crippen molar-refractivity contribution in [3.05, 3.63) is 57.0 Å². The molecule has 0 bridgehead atoms. The molecule has 25 heavy (non-hydrogen) atoms. The molecule has 1 amide bonds. The first-order valence-corrected chi connectivity index (χ1v) is 9.25. The fourth-order valence-electron chi connectivity index (χ4n) is 2.88. The van der Waals surface area contributed by atoms with Gasteiger partial charge in [0.1, 0.15) is 5.82 Å². The Bertz CT molecular complexity index is 769. The summed E-state index contributed by atoms with van der Waals surface area (Å²) in [5.41, 5.74) is 2.46. The summed E-state index contributed by atoms with van der Waals surface area (Å²) in [6.45, 7) is 1.81. The molecule has 2 aromatic rings. The normalized spacial score (nSPS) is 14.5. The number of carbonyl (C=O) groups excluding carboxylic acids is 2. The molecule has 1 N–H and O–H groups in total. The summed E-state index contributed by atoms with van der Waals surface area (Å²) in [5.74, 6) is -1.14. The van der Waals surface area contributed by atoms with E-state index in [1.165, 1.54) is 17.0 Å². The number of benzene rings is 1. The van der Waals surface area contributed by atoms with E-state index in [1.54, 1.807) is 30.4 Å². The topological polar surface area (TPSA) is 55.4 Å². The molecule has 0 radical (unpaired) electrons. The Morgan fingerprint density at radius 3 is 2.72 bits per heavy atom. The lowest BCUT2D eigenvalue weighted by molar-refractivity contribution is -0.129. The number of hydrogen-bond donors (Lipinski definition) is 1. The number of halogens is 1. The summed E-state index contributed by atoms with van der Waals surface area (Å²) < 4.78 is 18.2. The van der Waals surface area contributed by atoms with E-state index in [-0.39, 0.29) is 18.3 Å². The Kier molecular flexibility index (Phi) is 5.48. The highest BCUT2D eigenvalue weighted by Gasteiger charge is 2.24. The van der Waals surface area contributed by atoms with Gasteiger partial charge in [-0.3, -0.25) is 4.79 Å². The predicted octanol–water partition coefficient (Wildman–Crippen LogP) is 3.63. The van der Waals surface area contributed by atoms with Gasteiger partial charge in [-0.25, -0.2) is 9.18 Å². The minimum absolute atomic E-state index is 0.259. The van der Waals surface area contributed by atoms with Crippen LogP contribution in [0.5, 0.6) is 0 Å². The highest BCUT2D eigenvalue weighted by molar-refractivity contribution is 7.10. The maximum Gasteiger partial charge on any atom is 0.340 e. The number of amides is 1. The van der Waals surface area contributed by atoms with E-state index < -0.39 is 12.1 Å². The minimum atomic E-state index is -0.882. The molecule has 0 aliphatic heterocycles. The average molecular weight is 361 g/mol. The molecule has 0 fully saturated rings. The number of ether oxygens (including phenoxy) is 1. The first-order valence-electron chi connectivity index (χ1n) is 8.37. The van der Waals surface area contributed by atoms with Gasteiger partial charge in [0.2, 0.25) is 0 Å². The number of hydrogen-bond acceptors (Lipinski definition) is 4. The smallest absolute Gasteiger partial charge is 0.340 e. The highest BCUT2D eigenvalue weighted by atomic mass is 32.1. The van der Waals surface area contributed by atoms with E-state index in [9.17, 15) is 14.0 Å². The Balaban J connectivity index is 1.55. The van der Waals surface area contributed by atoms with Crippen LogP contribution in [0, 0.1) is 5.82 Å². The summed E-state index contributed by atoms with van der Waals surface area (Å²) >= 11 is 1.59. The van der Waals surface area contributed by atoms with E-state index in [0.717, 1.165) is 36.8 Å². The minimum Gasteiger partial charge on any atom is -0.449 e. The molecule has 132 valence electrons. The molecule has 1 aromatic heterocycles. The molecule has 0 saturated heterocycles. The van der Waals surface area contributed by atoms with Crippen LogP contribution in [0.2, 0.25) is 0 Å². The van der Waals surface area contributed by atoms with Crippen LogP contribution in [-0.4, -0.2) is 18.0 Å². The molecule has 1 aliphatic carbocycles. The summed E-state index contributed by atoms with van der Waals surface area (Å²) in [6.07, 6.45) is 3.27. The van der Waals surface area contributed by atoms with Crippen LogP contribution in [0.15, 0.2) is 29.6 Å². The maximum atomic E-state index is 12.9. The molecule has 1 atom stereocenters. The second kappa shape index (κ2) is 7.78. The third-order valence-electron chi connectivity index (χ3n) is 4.31. The highest BCUT2D eigenvalue weighted by Crippen LogP contribution is 2.30. The number of carbonyl (C=O) groups is 2. The first-order chi connectivity index (χ1) is 12.0. The number of aryl methyl sites for hydroxylation is 1. The Hall–Kier alpha value is -2.21. The van der Waals surface area contributed by atoms with Gasteiger partial charge < -0.3 is 10.1 Å². The van der Waals surface area contributed by atoms with Gasteiger partial charge >= 0.3 is 5.97 Å². The quantitative estimate of drug-likeness (QED) is 0.828. The van der Waals surface area contributed by atoms with Crippen molar-refractivity contribution < 1.29 is 18.7 Å². The molecular weight excluding hydrogens is 341 g/mol. The molecular formula is C19H20FNO3S. The molecule has 4 nitrogen and oxygen atoms in total. The number of esters is 1. The van der Waals surface area contributed by atoms with Gasteiger partial charge in [-0.1, -0.05) is 12.1 Å². The lowest BCUT2D eigenvalue weighted by Gasteiger charge is -2.15. The standard InChI is InChI=1S/C19H20FNO3S/c1-12(18(22)21-10-13-6-8-14(20)9-7-13)24-19(23)16-11-25-17-5-3-2-4-15(16)17/h6-9,11-12H,2-5,10H2,1H3,(H,21,22)/t12-/m0/s1. The Morgan fingerprint density at radius 1 is 1.24 bits per heavy atom. The summed E-state index contributed by atoms with van der Waals surface area (Å²) in [7, 11) is 0. The Labute approximate surface area is 150 Å². The largest absolute Gasteiger partial charge is 0.449 e. The van der Waals surface area contributed by atoms with Crippen molar-refractivity contribution in [2.24, 2.45) is 0 Å². The van der Waals surface area contributed by atoms with Crippen LogP contribution in [0.1, 0.15) is 46.1 Å². The third-order valence-corrected chi connectivity index (χ3v) is 5.40. The number of rotatable bonds is 5. The van der Waals surface area contributed by atoms with Crippen molar-refractivity contribution in [3.63, 3.8) is 0 Å². The van der Waals surface area contributed by atoms with Gasteiger partial charge in [-0.05, 0) is 55.9 Å². The third kappa shape index (κ3) is 4.25. The van der Waals surface area contributed by atoms with Crippen molar-refractivity contribution in [1.29, 1.82) is 0 Å². The summed E-state index contributed by atoms with van der Waals surface area (Å²) in [4.78, 5) is 25.7. The lowest BCUT2D eigenvalue weighted by Crippen LogP contribution is -2.35. The Morgan fingerprint density at radius 2 is 1.96 bits per heavy atom. The fraction of sp³-hybridized carbons (Fsp3) is 0.368. The van der Waals surface area contributed by atoms with Gasteiger partial charge in [0.15, 0.2) is 6.10 Å². The van der Waals surface area contributed by atoms with Gasteiger partial charge in [0.05, 0.1) is 5.56 Å².